The summed E-state index contributed by atoms with van der Waals surface area (Å²) in [6, 6.07) is 0.263. The van der Waals surface area contributed by atoms with Gasteiger partial charge in [0.1, 0.15) is 10.7 Å². The molecule has 1 fully saturated rings. The van der Waals surface area contributed by atoms with Gasteiger partial charge in [-0.3, -0.25) is 0 Å². The van der Waals surface area contributed by atoms with Gasteiger partial charge in [-0.05, 0) is 6.92 Å². The molecule has 0 aliphatic carbocycles. The standard InChI is InChI=1S/C10H14N4OS/c1-7-6-15-5-4-14(7)10-8(9(11)16)12-2-3-13-10/h2-3,7H,4-6H2,1H3,(H2,11,16). The summed E-state index contributed by atoms with van der Waals surface area (Å²) in [7, 11) is 0. The second-order valence-corrected chi connectivity index (χ2v) is 4.15. The van der Waals surface area contributed by atoms with Crippen molar-refractivity contribution in [2.45, 2.75) is 13.0 Å². The number of thiocarbonyl (C=S) groups is 1. The minimum atomic E-state index is 0.263. The Morgan fingerprint density at radius 2 is 2.31 bits per heavy atom. The summed E-state index contributed by atoms with van der Waals surface area (Å²) in [5.74, 6) is 0.755. The number of aromatic nitrogens is 2. The van der Waals surface area contributed by atoms with Gasteiger partial charge in [-0.1, -0.05) is 12.2 Å². The molecule has 6 heteroatoms. The monoisotopic (exact) mass is 238 g/mol. The first kappa shape index (κ1) is 11.2. The number of nitrogens with two attached hydrogens (primary N) is 1. The minimum absolute atomic E-state index is 0.263. The molecule has 86 valence electrons. The number of ether oxygens (including phenoxy) is 1. The number of anilines is 1. The van der Waals surface area contributed by atoms with Crippen molar-refractivity contribution in [3.8, 4) is 0 Å². The van der Waals surface area contributed by atoms with Crippen molar-refractivity contribution in [3.05, 3.63) is 18.1 Å². The number of nitrogens with zero attached hydrogens (tertiary/aromatic N) is 3. The van der Waals surface area contributed by atoms with E-state index in [9.17, 15) is 0 Å². The molecule has 0 radical (unpaired) electrons. The zero-order chi connectivity index (χ0) is 11.5. The molecule has 1 aliphatic rings. The first-order valence-corrected chi connectivity index (χ1v) is 5.56. The van der Waals surface area contributed by atoms with E-state index in [0.29, 0.717) is 18.9 Å². The van der Waals surface area contributed by atoms with Crippen LogP contribution in [0.2, 0.25) is 0 Å². The quantitative estimate of drug-likeness (QED) is 0.749. The summed E-state index contributed by atoms with van der Waals surface area (Å²) in [6.07, 6.45) is 3.25. The van der Waals surface area contributed by atoms with Crippen molar-refractivity contribution in [1.29, 1.82) is 0 Å². The van der Waals surface area contributed by atoms with Gasteiger partial charge in [0.2, 0.25) is 0 Å². The smallest absolute Gasteiger partial charge is 0.158 e. The van der Waals surface area contributed by atoms with Crippen LogP contribution in [0.5, 0.6) is 0 Å². The Labute approximate surface area is 99.6 Å². The SMILES string of the molecule is CC1COCCN1c1nccnc1C(N)=S. The fraction of sp³-hybridized carbons (Fsp3) is 0.500. The molecule has 16 heavy (non-hydrogen) atoms. The van der Waals surface area contributed by atoms with Crippen LogP contribution in [0.15, 0.2) is 12.4 Å². The van der Waals surface area contributed by atoms with E-state index < -0.39 is 0 Å². The first-order valence-electron chi connectivity index (χ1n) is 5.15. The van der Waals surface area contributed by atoms with Crippen LogP contribution >= 0.6 is 12.2 Å². The second kappa shape index (κ2) is 4.71. The van der Waals surface area contributed by atoms with Crippen molar-refractivity contribution < 1.29 is 4.74 Å². The van der Waals surface area contributed by atoms with E-state index in [4.69, 9.17) is 22.7 Å². The Hall–Kier alpha value is -1.27. The Kier molecular flexibility index (Phi) is 3.31. The van der Waals surface area contributed by atoms with Crippen LogP contribution in [0.1, 0.15) is 12.6 Å². The summed E-state index contributed by atoms with van der Waals surface area (Å²) >= 11 is 4.97. The summed E-state index contributed by atoms with van der Waals surface area (Å²) in [5.41, 5.74) is 6.23. The molecule has 1 aliphatic heterocycles. The molecule has 0 aromatic carbocycles. The van der Waals surface area contributed by atoms with Gasteiger partial charge in [0, 0.05) is 18.9 Å². The van der Waals surface area contributed by atoms with Gasteiger partial charge in [-0.25, -0.2) is 9.97 Å². The average molecular weight is 238 g/mol. The highest BCUT2D eigenvalue weighted by molar-refractivity contribution is 7.80. The fourth-order valence-electron chi connectivity index (χ4n) is 1.76. The molecule has 2 N–H and O–H groups in total. The normalized spacial score (nSPS) is 20.8. The maximum atomic E-state index is 5.64. The third-order valence-electron chi connectivity index (χ3n) is 2.55. The highest BCUT2D eigenvalue weighted by atomic mass is 32.1. The van der Waals surface area contributed by atoms with Crippen LogP contribution in [-0.2, 0) is 4.74 Å². The lowest BCUT2D eigenvalue weighted by Gasteiger charge is -2.34. The Morgan fingerprint density at radius 3 is 3.00 bits per heavy atom. The topological polar surface area (TPSA) is 64.3 Å². The van der Waals surface area contributed by atoms with Crippen molar-refractivity contribution >= 4 is 23.0 Å². The molecule has 2 heterocycles. The Balaban J connectivity index is 2.34. The molecule has 0 spiro atoms. The predicted octanol–water partition coefficient (Wildman–Crippen LogP) is 0.336. The summed E-state index contributed by atoms with van der Waals surface area (Å²) in [5, 5.41) is 0. The zero-order valence-electron chi connectivity index (χ0n) is 9.09. The summed E-state index contributed by atoms with van der Waals surface area (Å²) < 4.78 is 5.38. The molecule has 5 nitrogen and oxygen atoms in total. The van der Waals surface area contributed by atoms with Gasteiger partial charge in [-0.2, -0.15) is 0 Å². The largest absolute Gasteiger partial charge is 0.388 e. The second-order valence-electron chi connectivity index (χ2n) is 3.71. The maximum Gasteiger partial charge on any atom is 0.158 e. The summed E-state index contributed by atoms with van der Waals surface area (Å²) in [4.78, 5) is 10.9. The van der Waals surface area contributed by atoms with Crippen LogP contribution < -0.4 is 10.6 Å². The first-order chi connectivity index (χ1) is 7.70. The molecular weight excluding hydrogens is 224 g/mol. The maximum absolute atomic E-state index is 5.64. The van der Waals surface area contributed by atoms with E-state index in [1.807, 2.05) is 0 Å². The van der Waals surface area contributed by atoms with Crippen LogP contribution in [-0.4, -0.2) is 40.8 Å². The van der Waals surface area contributed by atoms with Gasteiger partial charge in [0.05, 0.1) is 19.3 Å². The lowest BCUT2D eigenvalue weighted by molar-refractivity contribution is 0.0985. The van der Waals surface area contributed by atoms with E-state index in [-0.39, 0.29) is 11.0 Å². The summed E-state index contributed by atoms with van der Waals surface area (Å²) in [6.45, 7) is 4.25. The molecule has 1 aromatic heterocycles. The lowest BCUT2D eigenvalue weighted by Crippen LogP contribution is -2.45. The van der Waals surface area contributed by atoms with E-state index >= 15 is 0 Å². The van der Waals surface area contributed by atoms with Crippen molar-refractivity contribution in [2.24, 2.45) is 5.73 Å². The zero-order valence-corrected chi connectivity index (χ0v) is 9.91. The van der Waals surface area contributed by atoms with Crippen molar-refractivity contribution in [1.82, 2.24) is 9.97 Å². The highest BCUT2D eigenvalue weighted by Gasteiger charge is 2.23. The van der Waals surface area contributed by atoms with Gasteiger partial charge in [-0.15, -0.1) is 0 Å². The van der Waals surface area contributed by atoms with Gasteiger partial charge < -0.3 is 15.4 Å². The van der Waals surface area contributed by atoms with Gasteiger partial charge in [0.25, 0.3) is 0 Å². The van der Waals surface area contributed by atoms with Gasteiger partial charge >= 0.3 is 0 Å². The number of rotatable bonds is 2. The molecule has 2 rings (SSSR count). The van der Waals surface area contributed by atoms with Crippen LogP contribution in [0, 0.1) is 0 Å². The molecule has 0 saturated carbocycles. The van der Waals surface area contributed by atoms with Crippen molar-refractivity contribution in [3.63, 3.8) is 0 Å². The molecule has 1 aromatic rings. The van der Waals surface area contributed by atoms with Crippen LogP contribution in [0.25, 0.3) is 0 Å². The van der Waals surface area contributed by atoms with Crippen LogP contribution in [0.4, 0.5) is 5.82 Å². The third-order valence-corrected chi connectivity index (χ3v) is 2.75. The van der Waals surface area contributed by atoms with E-state index in [2.05, 4.69) is 21.8 Å². The average Bonchev–Trinajstić information content (AvgIpc) is 2.29. The molecule has 1 unspecified atom stereocenters. The number of morpholine rings is 1. The molecule has 0 amide bonds. The van der Waals surface area contributed by atoms with E-state index in [0.717, 1.165) is 12.4 Å². The van der Waals surface area contributed by atoms with Crippen LogP contribution in [0.3, 0.4) is 0 Å². The minimum Gasteiger partial charge on any atom is -0.388 e. The lowest BCUT2D eigenvalue weighted by atomic mass is 10.2. The molecule has 1 atom stereocenters. The predicted molar refractivity (Wildman–Crippen MR) is 65.5 cm³/mol. The molecular formula is C10H14N4OS. The number of hydrogen-bond donors (Lipinski definition) is 1. The Morgan fingerprint density at radius 1 is 1.56 bits per heavy atom. The highest BCUT2D eigenvalue weighted by Crippen LogP contribution is 2.19. The van der Waals surface area contributed by atoms with Crippen molar-refractivity contribution in [2.75, 3.05) is 24.7 Å². The molecule has 0 bridgehead atoms. The van der Waals surface area contributed by atoms with E-state index in [1.165, 1.54) is 0 Å². The Bertz CT molecular complexity index is 398. The number of hydrogen-bond acceptors (Lipinski definition) is 5. The fourth-order valence-corrected chi connectivity index (χ4v) is 1.90. The van der Waals surface area contributed by atoms with Gasteiger partial charge in [0.15, 0.2) is 5.82 Å². The van der Waals surface area contributed by atoms with E-state index in [1.54, 1.807) is 12.4 Å². The third kappa shape index (κ3) is 2.12. The molecule has 1 saturated heterocycles.